The summed E-state index contributed by atoms with van der Waals surface area (Å²) in [7, 11) is 0. The van der Waals surface area contributed by atoms with Gasteiger partial charge in [0.15, 0.2) is 0 Å². The van der Waals surface area contributed by atoms with E-state index < -0.39 is 18.0 Å². The Kier molecular flexibility index (Phi) is 5.85. The van der Waals surface area contributed by atoms with Gasteiger partial charge in [0.2, 0.25) is 0 Å². The lowest BCUT2D eigenvalue weighted by atomic mass is 9.99. The van der Waals surface area contributed by atoms with Gasteiger partial charge in [-0.1, -0.05) is 20.3 Å². The number of rotatable bonds is 6. The van der Waals surface area contributed by atoms with Gasteiger partial charge >= 0.3 is 12.0 Å². The molecule has 1 atom stereocenters. The number of carboxylic acid groups (broad SMARTS) is 1. The zero-order valence-electron chi connectivity index (χ0n) is 10.5. The summed E-state index contributed by atoms with van der Waals surface area (Å²) in [5, 5.41) is 14.0. The number of urea groups is 1. The largest absolute Gasteiger partial charge is 0.480 e. The minimum absolute atomic E-state index is 0.310. The van der Waals surface area contributed by atoms with E-state index in [9.17, 15) is 9.59 Å². The Balaban J connectivity index is 4.21. The van der Waals surface area contributed by atoms with Crippen LogP contribution in [0.4, 0.5) is 4.79 Å². The van der Waals surface area contributed by atoms with E-state index in [0.29, 0.717) is 6.42 Å². The van der Waals surface area contributed by atoms with E-state index in [2.05, 4.69) is 10.6 Å². The van der Waals surface area contributed by atoms with E-state index in [1.807, 2.05) is 20.8 Å². The molecule has 0 fully saturated rings. The Morgan fingerprint density at radius 3 is 2.25 bits per heavy atom. The van der Waals surface area contributed by atoms with Gasteiger partial charge in [0.25, 0.3) is 0 Å². The van der Waals surface area contributed by atoms with Gasteiger partial charge in [0.1, 0.15) is 6.04 Å². The Morgan fingerprint density at radius 2 is 1.88 bits per heavy atom. The van der Waals surface area contributed by atoms with Gasteiger partial charge in [-0.05, 0) is 26.7 Å². The van der Waals surface area contributed by atoms with Gasteiger partial charge < -0.3 is 15.7 Å². The SMILES string of the molecule is CCCC(C)(C)NC(=O)N[C@@H](CC)C(=O)O. The van der Waals surface area contributed by atoms with Crippen LogP contribution in [-0.4, -0.2) is 28.7 Å². The lowest BCUT2D eigenvalue weighted by Gasteiger charge is -2.26. The summed E-state index contributed by atoms with van der Waals surface area (Å²) in [5.74, 6) is -1.01. The molecule has 0 spiro atoms. The Hall–Kier alpha value is -1.26. The average molecular weight is 230 g/mol. The third-order valence-electron chi connectivity index (χ3n) is 2.34. The Morgan fingerprint density at radius 1 is 1.31 bits per heavy atom. The van der Waals surface area contributed by atoms with Crippen molar-refractivity contribution in [1.29, 1.82) is 0 Å². The molecule has 0 rings (SSSR count). The molecule has 0 aromatic heterocycles. The molecule has 94 valence electrons. The molecule has 16 heavy (non-hydrogen) atoms. The Labute approximate surface area is 96.6 Å². The second-order valence-corrected chi connectivity index (χ2v) is 4.53. The molecule has 0 aliphatic heterocycles. The fourth-order valence-corrected chi connectivity index (χ4v) is 1.53. The second kappa shape index (κ2) is 6.35. The number of hydrogen-bond acceptors (Lipinski definition) is 2. The van der Waals surface area contributed by atoms with Crippen molar-refractivity contribution in [2.75, 3.05) is 0 Å². The first-order chi connectivity index (χ1) is 7.32. The number of nitrogens with one attached hydrogen (secondary N) is 2. The third kappa shape index (κ3) is 5.58. The molecule has 3 N–H and O–H groups in total. The Bertz CT molecular complexity index is 252. The molecule has 0 heterocycles. The van der Waals surface area contributed by atoms with Crippen LogP contribution in [0.5, 0.6) is 0 Å². The monoisotopic (exact) mass is 230 g/mol. The van der Waals surface area contributed by atoms with E-state index >= 15 is 0 Å². The molecule has 5 nitrogen and oxygen atoms in total. The first-order valence-electron chi connectivity index (χ1n) is 5.64. The van der Waals surface area contributed by atoms with E-state index in [0.717, 1.165) is 12.8 Å². The van der Waals surface area contributed by atoms with Gasteiger partial charge in [0.05, 0.1) is 0 Å². The number of carbonyl (C=O) groups excluding carboxylic acids is 1. The first-order valence-corrected chi connectivity index (χ1v) is 5.64. The van der Waals surface area contributed by atoms with E-state index in [4.69, 9.17) is 5.11 Å². The van der Waals surface area contributed by atoms with Crippen molar-refractivity contribution in [3.05, 3.63) is 0 Å². The number of amides is 2. The zero-order chi connectivity index (χ0) is 12.8. The normalized spacial score (nSPS) is 13.0. The molecule has 0 bridgehead atoms. The van der Waals surface area contributed by atoms with E-state index in [1.54, 1.807) is 6.92 Å². The minimum Gasteiger partial charge on any atom is -0.480 e. The van der Waals surface area contributed by atoms with Crippen molar-refractivity contribution in [3.63, 3.8) is 0 Å². The van der Waals surface area contributed by atoms with Crippen LogP contribution in [0.1, 0.15) is 47.0 Å². The van der Waals surface area contributed by atoms with Crippen LogP contribution in [0, 0.1) is 0 Å². The lowest BCUT2D eigenvalue weighted by Crippen LogP contribution is -2.52. The maximum absolute atomic E-state index is 11.5. The number of carboxylic acids is 1. The van der Waals surface area contributed by atoms with Gasteiger partial charge in [0, 0.05) is 5.54 Å². The molecule has 0 saturated carbocycles. The highest BCUT2D eigenvalue weighted by Crippen LogP contribution is 2.10. The standard InChI is InChI=1S/C11H22N2O3/c1-5-7-11(3,4)13-10(16)12-8(6-2)9(14)15/h8H,5-7H2,1-4H3,(H,14,15)(H2,12,13,16)/t8-/m0/s1. The molecule has 2 amide bonds. The van der Waals surface area contributed by atoms with Crippen LogP contribution in [0.3, 0.4) is 0 Å². The smallest absolute Gasteiger partial charge is 0.326 e. The summed E-state index contributed by atoms with van der Waals surface area (Å²) >= 11 is 0. The molecule has 5 heteroatoms. The summed E-state index contributed by atoms with van der Waals surface area (Å²) in [6, 6.07) is -1.25. The number of aliphatic carboxylic acids is 1. The van der Waals surface area contributed by atoms with Crippen LogP contribution < -0.4 is 10.6 Å². The highest BCUT2D eigenvalue weighted by Gasteiger charge is 2.22. The third-order valence-corrected chi connectivity index (χ3v) is 2.34. The summed E-state index contributed by atoms with van der Waals surface area (Å²) in [6.07, 6.45) is 2.19. The van der Waals surface area contributed by atoms with Crippen LogP contribution in [0.25, 0.3) is 0 Å². The summed E-state index contributed by atoms with van der Waals surface area (Å²) in [4.78, 5) is 22.2. The van der Waals surface area contributed by atoms with Gasteiger partial charge in [-0.25, -0.2) is 9.59 Å². The van der Waals surface area contributed by atoms with Gasteiger partial charge in [-0.3, -0.25) is 0 Å². The van der Waals surface area contributed by atoms with Crippen LogP contribution in [-0.2, 0) is 4.79 Å². The fourth-order valence-electron chi connectivity index (χ4n) is 1.53. The second-order valence-electron chi connectivity index (χ2n) is 4.53. The zero-order valence-corrected chi connectivity index (χ0v) is 10.5. The summed E-state index contributed by atoms with van der Waals surface area (Å²) < 4.78 is 0. The van der Waals surface area contributed by atoms with Gasteiger partial charge in [-0.15, -0.1) is 0 Å². The number of hydrogen-bond donors (Lipinski definition) is 3. The quantitative estimate of drug-likeness (QED) is 0.650. The summed E-state index contributed by atoms with van der Waals surface area (Å²) in [5.41, 5.74) is -0.310. The maximum Gasteiger partial charge on any atom is 0.326 e. The molecular formula is C11H22N2O3. The molecule has 0 aliphatic carbocycles. The van der Waals surface area contributed by atoms with Crippen LogP contribution in [0.15, 0.2) is 0 Å². The lowest BCUT2D eigenvalue weighted by molar-refractivity contribution is -0.139. The van der Waals surface area contributed by atoms with Crippen molar-refractivity contribution in [1.82, 2.24) is 10.6 Å². The molecule has 0 aliphatic rings. The molecule has 0 aromatic carbocycles. The predicted molar refractivity (Wildman–Crippen MR) is 62.4 cm³/mol. The molecule has 0 aromatic rings. The van der Waals surface area contributed by atoms with Gasteiger partial charge in [-0.2, -0.15) is 0 Å². The van der Waals surface area contributed by atoms with Crippen LogP contribution in [0.2, 0.25) is 0 Å². The van der Waals surface area contributed by atoms with Crippen molar-refractivity contribution in [2.24, 2.45) is 0 Å². The van der Waals surface area contributed by atoms with Crippen molar-refractivity contribution >= 4 is 12.0 Å². The first kappa shape index (κ1) is 14.7. The fraction of sp³-hybridized carbons (Fsp3) is 0.818. The molecule has 0 unspecified atom stereocenters. The predicted octanol–water partition coefficient (Wildman–Crippen LogP) is 1.73. The number of carbonyl (C=O) groups is 2. The molecule has 0 saturated heterocycles. The molecular weight excluding hydrogens is 208 g/mol. The average Bonchev–Trinajstić information content (AvgIpc) is 2.12. The highest BCUT2D eigenvalue weighted by molar-refractivity contribution is 5.82. The summed E-state index contributed by atoms with van der Waals surface area (Å²) in [6.45, 7) is 7.58. The van der Waals surface area contributed by atoms with E-state index in [1.165, 1.54) is 0 Å². The molecule has 0 radical (unpaired) electrons. The van der Waals surface area contributed by atoms with Crippen LogP contribution >= 0.6 is 0 Å². The highest BCUT2D eigenvalue weighted by atomic mass is 16.4. The van der Waals surface area contributed by atoms with Crippen molar-refractivity contribution in [3.8, 4) is 0 Å². The van der Waals surface area contributed by atoms with E-state index in [-0.39, 0.29) is 5.54 Å². The maximum atomic E-state index is 11.5. The topological polar surface area (TPSA) is 78.4 Å². The van der Waals surface area contributed by atoms with Crippen molar-refractivity contribution in [2.45, 2.75) is 58.5 Å². The minimum atomic E-state index is -1.01. The van der Waals surface area contributed by atoms with Crippen molar-refractivity contribution < 1.29 is 14.7 Å².